The Hall–Kier alpha value is -1.44. The van der Waals surface area contributed by atoms with E-state index in [0.29, 0.717) is 39.1 Å². The number of hydrogen-bond acceptors (Lipinski definition) is 5. The summed E-state index contributed by atoms with van der Waals surface area (Å²) in [6, 6.07) is 0. The Morgan fingerprint density at radius 2 is 1.64 bits per heavy atom. The molecule has 3 saturated heterocycles. The van der Waals surface area contributed by atoms with Crippen LogP contribution in [-0.2, 0) is 23.8 Å². The molecule has 1 spiro atoms. The van der Waals surface area contributed by atoms with E-state index in [2.05, 4.69) is 0 Å². The SMILES string of the molecule is O=C(O)[C@@H]1[C@H](C(=O)N2CCC3(CC2)OCCO3)[C@H]2C=C[C@H]1O2. The van der Waals surface area contributed by atoms with Crippen molar-refractivity contribution in [1.29, 1.82) is 0 Å². The molecule has 0 radical (unpaired) electrons. The molecule has 22 heavy (non-hydrogen) atoms. The molecule has 4 heterocycles. The van der Waals surface area contributed by atoms with Crippen molar-refractivity contribution in [3.63, 3.8) is 0 Å². The maximum atomic E-state index is 12.8. The van der Waals surface area contributed by atoms with E-state index in [0.717, 1.165) is 0 Å². The van der Waals surface area contributed by atoms with Gasteiger partial charge in [0.05, 0.1) is 31.3 Å². The minimum absolute atomic E-state index is 0.128. The van der Waals surface area contributed by atoms with Gasteiger partial charge in [0.2, 0.25) is 5.91 Å². The highest BCUT2D eigenvalue weighted by Crippen LogP contribution is 2.41. The highest BCUT2D eigenvalue weighted by atomic mass is 16.7. The van der Waals surface area contributed by atoms with Crippen LogP contribution in [0.25, 0.3) is 0 Å². The minimum Gasteiger partial charge on any atom is -0.481 e. The average molecular weight is 309 g/mol. The van der Waals surface area contributed by atoms with Crippen LogP contribution >= 0.6 is 0 Å². The number of fused-ring (bicyclic) bond motifs is 2. The Bertz CT molecular complexity index is 516. The third-order valence-electron chi connectivity index (χ3n) is 5.12. The lowest BCUT2D eigenvalue weighted by Gasteiger charge is -2.39. The van der Waals surface area contributed by atoms with Crippen molar-refractivity contribution in [3.8, 4) is 0 Å². The third kappa shape index (κ3) is 2.07. The summed E-state index contributed by atoms with van der Waals surface area (Å²) in [5, 5.41) is 9.40. The summed E-state index contributed by atoms with van der Waals surface area (Å²) in [4.78, 5) is 26.0. The maximum Gasteiger partial charge on any atom is 0.310 e. The van der Waals surface area contributed by atoms with Gasteiger partial charge in [-0.15, -0.1) is 0 Å². The first kappa shape index (κ1) is 14.2. The van der Waals surface area contributed by atoms with Crippen LogP contribution in [0.3, 0.4) is 0 Å². The van der Waals surface area contributed by atoms with E-state index in [1.807, 2.05) is 0 Å². The second-order valence-electron chi connectivity index (χ2n) is 6.27. The molecule has 0 aromatic carbocycles. The van der Waals surface area contributed by atoms with Crippen molar-refractivity contribution >= 4 is 11.9 Å². The summed E-state index contributed by atoms with van der Waals surface area (Å²) in [6.07, 6.45) is 3.93. The number of carbonyl (C=O) groups excluding carboxylic acids is 1. The molecule has 0 aromatic heterocycles. The molecule has 0 saturated carbocycles. The summed E-state index contributed by atoms with van der Waals surface area (Å²) in [6.45, 7) is 2.26. The van der Waals surface area contributed by atoms with Crippen LogP contribution < -0.4 is 0 Å². The molecule has 1 N–H and O–H groups in total. The molecule has 4 atom stereocenters. The fourth-order valence-electron chi connectivity index (χ4n) is 3.96. The van der Waals surface area contributed by atoms with Gasteiger partial charge in [0.15, 0.2) is 5.79 Å². The van der Waals surface area contributed by atoms with E-state index < -0.39 is 35.8 Å². The molecule has 2 bridgehead atoms. The van der Waals surface area contributed by atoms with Gasteiger partial charge in [-0.1, -0.05) is 12.2 Å². The average Bonchev–Trinajstić information content (AvgIpc) is 3.22. The normalized spacial score (nSPS) is 38.8. The van der Waals surface area contributed by atoms with Crippen molar-refractivity contribution in [2.24, 2.45) is 11.8 Å². The number of piperidine rings is 1. The van der Waals surface area contributed by atoms with E-state index in [4.69, 9.17) is 14.2 Å². The molecule has 4 rings (SSSR count). The fourth-order valence-corrected chi connectivity index (χ4v) is 3.96. The quantitative estimate of drug-likeness (QED) is 0.723. The molecule has 0 unspecified atom stereocenters. The van der Waals surface area contributed by atoms with E-state index >= 15 is 0 Å². The predicted octanol–water partition coefficient (Wildman–Crippen LogP) is 0.00610. The van der Waals surface area contributed by atoms with Gasteiger partial charge < -0.3 is 24.2 Å². The molecule has 7 nitrogen and oxygen atoms in total. The van der Waals surface area contributed by atoms with Gasteiger partial charge in [0.1, 0.15) is 5.92 Å². The van der Waals surface area contributed by atoms with E-state index in [1.165, 1.54) is 0 Å². The van der Waals surface area contributed by atoms with Gasteiger partial charge in [0, 0.05) is 25.9 Å². The topological polar surface area (TPSA) is 85.3 Å². The van der Waals surface area contributed by atoms with E-state index in [9.17, 15) is 14.7 Å². The van der Waals surface area contributed by atoms with Gasteiger partial charge in [-0.25, -0.2) is 0 Å². The number of aliphatic carboxylic acids is 1. The summed E-state index contributed by atoms with van der Waals surface area (Å²) >= 11 is 0. The maximum absolute atomic E-state index is 12.8. The summed E-state index contributed by atoms with van der Waals surface area (Å²) in [5.74, 6) is -3.03. The van der Waals surface area contributed by atoms with Gasteiger partial charge in [-0.3, -0.25) is 9.59 Å². The van der Waals surface area contributed by atoms with Crippen LogP contribution in [0, 0.1) is 11.8 Å². The molecular weight excluding hydrogens is 290 g/mol. The molecule has 0 aromatic rings. The predicted molar refractivity (Wildman–Crippen MR) is 72.9 cm³/mol. The number of likely N-dealkylation sites (tertiary alicyclic amines) is 1. The van der Waals surface area contributed by atoms with Crippen LogP contribution in [0.15, 0.2) is 12.2 Å². The number of carbonyl (C=O) groups is 2. The zero-order valence-electron chi connectivity index (χ0n) is 12.1. The van der Waals surface area contributed by atoms with Crippen LogP contribution in [0.2, 0.25) is 0 Å². The Kier molecular flexibility index (Phi) is 3.25. The first-order chi connectivity index (χ1) is 10.6. The fraction of sp³-hybridized carbons (Fsp3) is 0.733. The lowest BCUT2D eigenvalue weighted by atomic mass is 9.81. The Morgan fingerprint density at radius 3 is 2.23 bits per heavy atom. The molecule has 3 fully saturated rings. The van der Waals surface area contributed by atoms with E-state index in [-0.39, 0.29) is 5.91 Å². The standard InChI is InChI=1S/C15H19NO6/c17-13(11-9-1-2-10(22-9)12(11)14(18)19)16-5-3-15(4-6-16)20-7-8-21-15/h1-2,9-12H,3-8H2,(H,18,19)/t9-,10-,11-,12+/m1/s1. The third-order valence-corrected chi connectivity index (χ3v) is 5.12. The zero-order chi connectivity index (χ0) is 15.3. The highest BCUT2D eigenvalue weighted by Gasteiger charge is 2.54. The second kappa shape index (κ2) is 5.04. The van der Waals surface area contributed by atoms with Crippen molar-refractivity contribution in [2.75, 3.05) is 26.3 Å². The molecule has 4 aliphatic rings. The van der Waals surface area contributed by atoms with Crippen molar-refractivity contribution < 1.29 is 28.9 Å². The molecule has 4 aliphatic heterocycles. The molecule has 7 heteroatoms. The lowest BCUT2D eigenvalue weighted by molar-refractivity contribution is -0.189. The minimum atomic E-state index is -0.967. The second-order valence-corrected chi connectivity index (χ2v) is 6.27. The van der Waals surface area contributed by atoms with Crippen LogP contribution in [-0.4, -0.2) is 66.2 Å². The number of rotatable bonds is 2. The highest BCUT2D eigenvalue weighted by molar-refractivity contribution is 5.87. The number of amides is 1. The van der Waals surface area contributed by atoms with E-state index in [1.54, 1.807) is 17.1 Å². The van der Waals surface area contributed by atoms with Crippen molar-refractivity contribution in [1.82, 2.24) is 4.90 Å². The first-order valence-corrected chi connectivity index (χ1v) is 7.73. The summed E-state index contributed by atoms with van der Waals surface area (Å²) in [7, 11) is 0. The van der Waals surface area contributed by atoms with Gasteiger partial charge >= 0.3 is 5.97 Å². The number of ether oxygens (including phenoxy) is 3. The first-order valence-electron chi connectivity index (χ1n) is 7.73. The van der Waals surface area contributed by atoms with Gasteiger partial charge in [0.25, 0.3) is 0 Å². The smallest absolute Gasteiger partial charge is 0.310 e. The largest absolute Gasteiger partial charge is 0.481 e. The summed E-state index contributed by atoms with van der Waals surface area (Å²) < 4.78 is 16.9. The summed E-state index contributed by atoms with van der Waals surface area (Å²) in [5.41, 5.74) is 0. The van der Waals surface area contributed by atoms with Crippen LogP contribution in [0.4, 0.5) is 0 Å². The molecule has 120 valence electrons. The lowest BCUT2D eigenvalue weighted by Crippen LogP contribution is -2.51. The van der Waals surface area contributed by atoms with Gasteiger partial charge in [-0.05, 0) is 0 Å². The van der Waals surface area contributed by atoms with Crippen molar-refractivity contribution in [2.45, 2.75) is 30.8 Å². The monoisotopic (exact) mass is 309 g/mol. The van der Waals surface area contributed by atoms with Crippen molar-refractivity contribution in [3.05, 3.63) is 12.2 Å². The molecule has 0 aliphatic carbocycles. The molecule has 1 amide bonds. The number of carboxylic acid groups (broad SMARTS) is 1. The Morgan fingerprint density at radius 1 is 1.05 bits per heavy atom. The zero-order valence-corrected chi connectivity index (χ0v) is 12.1. The number of nitrogens with zero attached hydrogens (tertiary/aromatic N) is 1. The Labute approximate surface area is 127 Å². The number of hydrogen-bond donors (Lipinski definition) is 1. The van der Waals surface area contributed by atoms with Crippen LogP contribution in [0.5, 0.6) is 0 Å². The van der Waals surface area contributed by atoms with Gasteiger partial charge in [-0.2, -0.15) is 0 Å². The Balaban J connectivity index is 1.46. The van der Waals surface area contributed by atoms with Crippen LogP contribution in [0.1, 0.15) is 12.8 Å². The molecular formula is C15H19NO6. The number of carboxylic acids is 1.